The minimum atomic E-state index is -3.67. The molecule has 2 aliphatic heterocycles. The molecule has 0 radical (unpaired) electrons. The van der Waals surface area contributed by atoms with E-state index in [1.807, 2.05) is 6.07 Å². The molecule has 0 saturated carbocycles. The lowest BCUT2D eigenvalue weighted by molar-refractivity contribution is -0.163. The van der Waals surface area contributed by atoms with Gasteiger partial charge >= 0.3 is 5.97 Å². The van der Waals surface area contributed by atoms with Crippen LogP contribution in [0.15, 0.2) is 45.8 Å². The van der Waals surface area contributed by atoms with E-state index in [-0.39, 0.29) is 16.4 Å². The summed E-state index contributed by atoms with van der Waals surface area (Å²) in [5.41, 5.74) is -0.0236. The molecule has 1 saturated heterocycles. The molecule has 2 atom stereocenters. The number of sulfone groups is 1. The van der Waals surface area contributed by atoms with Crippen molar-refractivity contribution in [1.29, 1.82) is 0 Å². The number of ether oxygens (including phenoxy) is 2. The van der Waals surface area contributed by atoms with Crippen LogP contribution in [0.25, 0.3) is 0 Å². The number of thioether (sulfide) groups is 1. The highest BCUT2D eigenvalue weighted by Crippen LogP contribution is 2.43. The van der Waals surface area contributed by atoms with E-state index in [1.165, 1.54) is 14.2 Å². The van der Waals surface area contributed by atoms with Crippen molar-refractivity contribution < 1.29 is 27.5 Å². The minimum absolute atomic E-state index is 0.0236. The van der Waals surface area contributed by atoms with Crippen LogP contribution in [0.5, 0.6) is 0 Å². The number of hydrogen-bond donors (Lipinski definition) is 0. The number of amides is 1. The fourth-order valence-corrected chi connectivity index (χ4v) is 6.12. The molecule has 1 amide bonds. The summed E-state index contributed by atoms with van der Waals surface area (Å²) in [5, 5.41) is -1.18. The molecule has 0 spiro atoms. The van der Waals surface area contributed by atoms with Crippen LogP contribution in [0.3, 0.4) is 0 Å². The maximum absolute atomic E-state index is 12.5. The molecule has 1 fully saturated rings. The third-order valence-electron chi connectivity index (χ3n) is 3.82. The number of hydrogen-bond acceptors (Lipinski definition) is 7. The Hall–Kier alpha value is -1.84. The number of methoxy groups -OCH3 is 2. The number of rotatable bonds is 4. The highest BCUT2D eigenvalue weighted by molar-refractivity contribution is 8.04. The van der Waals surface area contributed by atoms with Gasteiger partial charge in [-0.05, 0) is 12.1 Å². The maximum atomic E-state index is 12.5. The maximum Gasteiger partial charge on any atom is 0.355 e. The Morgan fingerprint density at radius 2 is 1.92 bits per heavy atom. The van der Waals surface area contributed by atoms with Gasteiger partial charge < -0.3 is 9.47 Å². The summed E-state index contributed by atoms with van der Waals surface area (Å²) in [6.45, 7) is 0. The van der Waals surface area contributed by atoms with Gasteiger partial charge in [0, 0.05) is 16.9 Å². The second-order valence-corrected chi connectivity index (χ2v) is 8.51. The highest BCUT2D eigenvalue weighted by Gasteiger charge is 2.60. The van der Waals surface area contributed by atoms with Crippen LogP contribution >= 0.6 is 11.8 Å². The molecule has 1 aromatic rings. The predicted octanol–water partition coefficient (Wildman–Crippen LogP) is 0.775. The zero-order valence-corrected chi connectivity index (χ0v) is 14.6. The van der Waals surface area contributed by atoms with Crippen LogP contribution in [-0.4, -0.2) is 56.6 Å². The molecule has 2 heterocycles. The Bertz CT molecular complexity index is 818. The van der Waals surface area contributed by atoms with Gasteiger partial charge in [-0.15, -0.1) is 0 Å². The van der Waals surface area contributed by atoms with Gasteiger partial charge in [0.25, 0.3) is 5.91 Å². The molecule has 1 unspecified atom stereocenters. The van der Waals surface area contributed by atoms with E-state index >= 15 is 0 Å². The van der Waals surface area contributed by atoms with Crippen molar-refractivity contribution in [2.75, 3.05) is 20.0 Å². The number of benzene rings is 1. The van der Waals surface area contributed by atoms with E-state index in [4.69, 9.17) is 9.47 Å². The molecule has 0 aromatic heterocycles. The summed E-state index contributed by atoms with van der Waals surface area (Å²) in [4.78, 5) is 26.4. The summed E-state index contributed by atoms with van der Waals surface area (Å²) in [7, 11) is -1.21. The first-order valence-electron chi connectivity index (χ1n) is 7.02. The average molecular weight is 369 g/mol. The fourth-order valence-electron chi connectivity index (χ4n) is 2.73. The van der Waals surface area contributed by atoms with E-state index in [9.17, 15) is 18.0 Å². The monoisotopic (exact) mass is 369 g/mol. The Balaban J connectivity index is 2.08. The van der Waals surface area contributed by atoms with Gasteiger partial charge in [0.15, 0.2) is 21.3 Å². The third-order valence-corrected chi connectivity index (χ3v) is 6.98. The van der Waals surface area contributed by atoms with Crippen molar-refractivity contribution in [2.24, 2.45) is 0 Å². The van der Waals surface area contributed by atoms with Crippen molar-refractivity contribution >= 4 is 33.5 Å². The lowest BCUT2D eigenvalue weighted by Gasteiger charge is -2.48. The molecular weight excluding hydrogens is 354 g/mol. The van der Waals surface area contributed by atoms with Crippen LogP contribution in [0, 0.1) is 0 Å². The van der Waals surface area contributed by atoms with Crippen molar-refractivity contribution in [1.82, 2.24) is 4.90 Å². The number of fused-ring (bicyclic) bond motifs is 1. The summed E-state index contributed by atoms with van der Waals surface area (Å²) < 4.78 is 34.8. The second kappa shape index (κ2) is 6.23. The van der Waals surface area contributed by atoms with Crippen LogP contribution in [0.4, 0.5) is 0 Å². The molecule has 0 bridgehead atoms. The lowest BCUT2D eigenvalue weighted by atomic mass is 10.1. The first-order valence-corrected chi connectivity index (χ1v) is 9.55. The van der Waals surface area contributed by atoms with Crippen molar-refractivity contribution in [3.05, 3.63) is 40.9 Å². The number of β-lactam (4-membered cyclic amide) rings is 1. The Labute approximate surface area is 143 Å². The Morgan fingerprint density at radius 3 is 2.50 bits per heavy atom. The van der Waals surface area contributed by atoms with Crippen molar-refractivity contribution in [2.45, 2.75) is 16.4 Å². The first kappa shape index (κ1) is 17.0. The van der Waals surface area contributed by atoms with Gasteiger partial charge in [0.1, 0.15) is 5.70 Å². The minimum Gasteiger partial charge on any atom is -0.464 e. The van der Waals surface area contributed by atoms with E-state index in [1.54, 1.807) is 24.3 Å². The fraction of sp³-hybridized carbons (Fsp3) is 0.333. The predicted molar refractivity (Wildman–Crippen MR) is 86.6 cm³/mol. The molecular formula is C15H15NO6S2. The third kappa shape index (κ3) is 2.62. The SMILES string of the molecule is COC(=O)C1=C(Sc2ccccc2)CS(=O)(=O)C2[C@@H](OC)C(=O)N12. The van der Waals surface area contributed by atoms with Crippen molar-refractivity contribution in [3.63, 3.8) is 0 Å². The second-order valence-electron chi connectivity index (χ2n) is 5.24. The number of carbonyl (C=O) groups is 2. The number of esters is 1. The zero-order valence-electron chi connectivity index (χ0n) is 13.0. The van der Waals surface area contributed by atoms with Gasteiger partial charge in [0.05, 0.1) is 12.9 Å². The molecule has 7 nitrogen and oxygen atoms in total. The van der Waals surface area contributed by atoms with Crippen molar-refractivity contribution in [3.8, 4) is 0 Å². The molecule has 3 rings (SSSR count). The van der Waals surface area contributed by atoms with Crippen LogP contribution in [-0.2, 0) is 28.9 Å². The van der Waals surface area contributed by atoms with Crippen LogP contribution in [0.1, 0.15) is 0 Å². The molecule has 128 valence electrons. The van der Waals surface area contributed by atoms with Crippen LogP contribution in [0.2, 0.25) is 0 Å². The Morgan fingerprint density at radius 1 is 1.25 bits per heavy atom. The summed E-state index contributed by atoms with van der Waals surface area (Å²) in [6.07, 6.45) is -1.09. The van der Waals surface area contributed by atoms with Gasteiger partial charge in [-0.2, -0.15) is 0 Å². The zero-order chi connectivity index (χ0) is 17.5. The quantitative estimate of drug-likeness (QED) is 0.572. The molecule has 0 aliphatic carbocycles. The lowest BCUT2D eigenvalue weighted by Crippen LogP contribution is -2.70. The number of nitrogens with zero attached hydrogens (tertiary/aromatic N) is 1. The Kier molecular flexibility index (Phi) is 4.41. The van der Waals surface area contributed by atoms with E-state index in [2.05, 4.69) is 0 Å². The van der Waals surface area contributed by atoms with Gasteiger partial charge in [-0.25, -0.2) is 13.2 Å². The average Bonchev–Trinajstić information content (AvgIpc) is 2.55. The molecule has 2 aliphatic rings. The summed E-state index contributed by atoms with van der Waals surface area (Å²) in [6, 6.07) is 9.02. The van der Waals surface area contributed by atoms with Gasteiger partial charge in [-0.3, -0.25) is 9.69 Å². The first-order chi connectivity index (χ1) is 11.4. The topological polar surface area (TPSA) is 90.0 Å². The summed E-state index contributed by atoms with van der Waals surface area (Å²) in [5.74, 6) is -1.64. The standard InChI is InChI=1S/C15H15NO6S2/c1-21-12-13(17)16-11(15(18)22-2)10(8-24(19,20)14(12)16)23-9-6-4-3-5-7-9/h3-7,12,14H,8H2,1-2H3/t12-,14?/m0/s1. The molecule has 0 N–H and O–H groups in total. The molecule has 9 heteroatoms. The van der Waals surface area contributed by atoms with E-state index < -0.39 is 33.2 Å². The largest absolute Gasteiger partial charge is 0.464 e. The summed E-state index contributed by atoms with van der Waals surface area (Å²) >= 11 is 1.13. The molecule has 1 aromatic carbocycles. The number of carbonyl (C=O) groups excluding carboxylic acids is 2. The van der Waals surface area contributed by atoms with Crippen LogP contribution < -0.4 is 0 Å². The van der Waals surface area contributed by atoms with E-state index in [0.717, 1.165) is 21.6 Å². The van der Waals surface area contributed by atoms with Gasteiger partial charge in [-0.1, -0.05) is 30.0 Å². The normalized spacial score (nSPS) is 25.1. The highest BCUT2D eigenvalue weighted by atomic mass is 32.2. The smallest absolute Gasteiger partial charge is 0.355 e. The van der Waals surface area contributed by atoms with Gasteiger partial charge in [0.2, 0.25) is 0 Å². The van der Waals surface area contributed by atoms with E-state index in [0.29, 0.717) is 0 Å². The molecule has 24 heavy (non-hydrogen) atoms.